The Morgan fingerprint density at radius 1 is 0.976 bits per heavy atom. The second-order valence-corrected chi connectivity index (χ2v) is 12.6. The van der Waals surface area contributed by atoms with Gasteiger partial charge in [0.15, 0.2) is 11.5 Å². The van der Waals surface area contributed by atoms with Crippen molar-refractivity contribution in [3.63, 3.8) is 0 Å². The number of fused-ring (bicyclic) bond motifs is 6. The number of aliphatic hydroxyl groups is 1. The number of hydrogen-bond acceptors (Lipinski definition) is 6. The van der Waals surface area contributed by atoms with Crippen LogP contribution in [0.1, 0.15) is 45.7 Å². The zero-order chi connectivity index (χ0) is 29.6. The number of phenolic OH excluding ortho intramolecular Hbond substituents is 2. The Hall–Kier alpha value is -3.00. The van der Waals surface area contributed by atoms with Crippen molar-refractivity contribution in [2.75, 3.05) is 0 Å². The van der Waals surface area contributed by atoms with E-state index in [0.29, 0.717) is 28.6 Å². The highest BCUT2D eigenvalue weighted by atomic mass is 32.1. The lowest BCUT2D eigenvalue weighted by molar-refractivity contribution is -0.0907. The SMILES string of the molecule is [B]C1=C2Cc3c(O)c(O)c([B])c(-c4cccc5oc6ccccc6c45)c3C2=C(C)C(S)C1[B]OC(C)(C)C(C)(C)O. The Morgan fingerprint density at radius 3 is 2.37 bits per heavy atom. The molecule has 0 saturated carbocycles. The molecule has 2 aliphatic rings. The number of thiol groups is 1. The van der Waals surface area contributed by atoms with Crippen molar-refractivity contribution in [3.05, 3.63) is 70.2 Å². The highest BCUT2D eigenvalue weighted by Gasteiger charge is 2.42. The molecule has 1 heterocycles. The predicted octanol–water partition coefficient (Wildman–Crippen LogP) is 5.50. The Bertz CT molecular complexity index is 1810. The average Bonchev–Trinajstić information content (AvgIpc) is 3.50. The highest BCUT2D eigenvalue weighted by molar-refractivity contribution is 7.81. The summed E-state index contributed by atoms with van der Waals surface area (Å²) in [7, 11) is 15.1. The molecule has 5 nitrogen and oxygen atoms in total. The molecule has 6 rings (SSSR count). The van der Waals surface area contributed by atoms with Crippen LogP contribution in [0, 0.1) is 0 Å². The van der Waals surface area contributed by atoms with E-state index in [2.05, 4.69) is 0 Å². The second kappa shape index (κ2) is 9.51. The summed E-state index contributed by atoms with van der Waals surface area (Å²) in [6.45, 7) is 9.03. The monoisotopic (exact) mass is 559 g/mol. The second-order valence-electron chi connectivity index (χ2n) is 12.1. The summed E-state index contributed by atoms with van der Waals surface area (Å²) < 4.78 is 12.2. The minimum absolute atomic E-state index is 0.0822. The molecule has 0 fully saturated rings. The van der Waals surface area contributed by atoms with Crippen LogP contribution in [0.15, 0.2) is 63.5 Å². The molecule has 1 aromatic heterocycles. The van der Waals surface area contributed by atoms with Crippen LogP contribution >= 0.6 is 12.6 Å². The summed E-state index contributed by atoms with van der Waals surface area (Å²) in [5, 5.41) is 34.2. The molecule has 0 spiro atoms. The topological polar surface area (TPSA) is 83.1 Å². The Labute approximate surface area is 248 Å². The van der Waals surface area contributed by atoms with Crippen LogP contribution in [0.5, 0.6) is 11.5 Å². The molecular formula is C32H30B3O5S. The van der Waals surface area contributed by atoms with Crippen LogP contribution in [0.4, 0.5) is 0 Å². The number of allylic oxidation sites excluding steroid dienone is 3. The number of rotatable bonds is 5. The van der Waals surface area contributed by atoms with E-state index in [1.807, 2.05) is 63.2 Å². The molecular weight excluding hydrogens is 529 g/mol. The number of aromatic hydroxyl groups is 2. The van der Waals surface area contributed by atoms with Gasteiger partial charge in [-0.15, -0.1) is 5.47 Å². The molecule has 2 unspecified atom stereocenters. The quantitative estimate of drug-likeness (QED) is 0.148. The van der Waals surface area contributed by atoms with Gasteiger partial charge in [0.1, 0.15) is 26.9 Å². The van der Waals surface area contributed by atoms with Gasteiger partial charge in [0.05, 0.1) is 11.2 Å². The summed E-state index contributed by atoms with van der Waals surface area (Å²) in [5.74, 6) is -0.998. The fraction of sp³-hybridized carbons (Fsp3) is 0.312. The molecule has 203 valence electrons. The van der Waals surface area contributed by atoms with E-state index < -0.39 is 11.2 Å². The maximum absolute atomic E-state index is 11.2. The third-order valence-electron chi connectivity index (χ3n) is 9.03. The van der Waals surface area contributed by atoms with Gasteiger partial charge < -0.3 is 24.4 Å². The van der Waals surface area contributed by atoms with E-state index in [4.69, 9.17) is 37.4 Å². The summed E-state index contributed by atoms with van der Waals surface area (Å²) in [6.07, 6.45) is 0.308. The molecule has 5 radical (unpaired) electrons. The summed E-state index contributed by atoms with van der Waals surface area (Å²) in [4.78, 5) is 0. The van der Waals surface area contributed by atoms with Crippen LogP contribution in [0.2, 0.25) is 5.82 Å². The maximum Gasteiger partial charge on any atom is 0.301 e. The zero-order valence-corrected chi connectivity index (χ0v) is 24.6. The number of phenols is 2. The molecule has 41 heavy (non-hydrogen) atoms. The molecule has 2 atom stereocenters. The van der Waals surface area contributed by atoms with Crippen LogP contribution < -0.4 is 5.46 Å². The molecule has 0 bridgehead atoms. The fourth-order valence-corrected chi connectivity index (χ4v) is 6.28. The van der Waals surface area contributed by atoms with Crippen molar-refractivity contribution in [1.29, 1.82) is 0 Å². The van der Waals surface area contributed by atoms with Gasteiger partial charge in [-0.05, 0) is 85.9 Å². The van der Waals surface area contributed by atoms with Crippen LogP contribution in [-0.4, -0.2) is 54.9 Å². The van der Waals surface area contributed by atoms with E-state index in [9.17, 15) is 15.3 Å². The van der Waals surface area contributed by atoms with Crippen molar-refractivity contribution in [2.45, 2.75) is 63.3 Å². The van der Waals surface area contributed by atoms with Crippen molar-refractivity contribution in [1.82, 2.24) is 0 Å². The lowest BCUT2D eigenvalue weighted by Gasteiger charge is -2.40. The first-order valence-electron chi connectivity index (χ1n) is 13.6. The van der Waals surface area contributed by atoms with Gasteiger partial charge in [0.25, 0.3) is 0 Å². The van der Waals surface area contributed by atoms with Crippen LogP contribution in [-0.2, 0) is 11.1 Å². The highest BCUT2D eigenvalue weighted by Crippen LogP contribution is 2.55. The fourth-order valence-electron chi connectivity index (χ4n) is 5.93. The van der Waals surface area contributed by atoms with Gasteiger partial charge >= 0.3 is 7.48 Å². The predicted molar refractivity (Wildman–Crippen MR) is 171 cm³/mol. The van der Waals surface area contributed by atoms with Gasteiger partial charge in [-0.25, -0.2) is 0 Å². The van der Waals surface area contributed by atoms with Crippen molar-refractivity contribution in [3.8, 4) is 22.6 Å². The number of furan rings is 1. The Balaban J connectivity index is 1.56. The lowest BCUT2D eigenvalue weighted by Crippen LogP contribution is -2.49. The summed E-state index contributed by atoms with van der Waals surface area (Å²) >= 11 is 4.97. The van der Waals surface area contributed by atoms with E-state index in [1.165, 1.54) is 0 Å². The number of para-hydroxylation sites is 1. The van der Waals surface area contributed by atoms with Crippen molar-refractivity contribution >= 4 is 68.8 Å². The third kappa shape index (κ3) is 4.11. The van der Waals surface area contributed by atoms with E-state index in [-0.39, 0.29) is 28.0 Å². The van der Waals surface area contributed by atoms with Gasteiger partial charge in [-0.3, -0.25) is 0 Å². The normalized spacial score (nSPS) is 19.3. The minimum atomic E-state index is -1.10. The minimum Gasteiger partial charge on any atom is -0.505 e. The zero-order valence-electron chi connectivity index (χ0n) is 23.7. The first kappa shape index (κ1) is 28.1. The first-order valence-corrected chi connectivity index (χ1v) is 14.1. The third-order valence-corrected chi connectivity index (χ3v) is 9.74. The molecule has 9 heteroatoms. The number of hydrogen-bond donors (Lipinski definition) is 4. The molecule has 3 aromatic carbocycles. The summed E-state index contributed by atoms with van der Waals surface area (Å²) in [6, 6.07) is 13.5. The molecule has 3 N–H and O–H groups in total. The average molecular weight is 559 g/mol. The smallest absolute Gasteiger partial charge is 0.301 e. The van der Waals surface area contributed by atoms with E-state index in [1.54, 1.807) is 21.3 Å². The standard InChI is InChI=1S/C32H30B3O5S/c1-14-21-17(25(33)27(30(14)41)35-40-32(4,5)31(2,3)38)13-18-23(21)24(26(34)29(37)28(18)36)16-10-8-12-20-22(16)15-9-6-7-11-19(15)39-20/h6-12,27,30,36-38,41H,13H2,1-5H3. The molecule has 0 amide bonds. The van der Waals surface area contributed by atoms with E-state index >= 15 is 0 Å². The lowest BCUT2D eigenvalue weighted by atomic mass is 9.59. The maximum atomic E-state index is 11.2. The van der Waals surface area contributed by atoms with Crippen molar-refractivity contribution < 1.29 is 24.4 Å². The summed E-state index contributed by atoms with van der Waals surface area (Å²) in [5.41, 5.74) is 5.45. The molecule has 2 aliphatic carbocycles. The first-order chi connectivity index (χ1) is 19.2. The van der Waals surface area contributed by atoms with Gasteiger partial charge in [-0.2, -0.15) is 12.6 Å². The molecule has 0 aliphatic heterocycles. The van der Waals surface area contributed by atoms with Gasteiger partial charge in [-0.1, -0.05) is 35.9 Å². The van der Waals surface area contributed by atoms with Gasteiger partial charge in [0, 0.05) is 28.0 Å². The van der Waals surface area contributed by atoms with E-state index in [0.717, 1.165) is 44.2 Å². The molecule has 0 saturated heterocycles. The number of benzene rings is 3. The van der Waals surface area contributed by atoms with Crippen molar-refractivity contribution in [2.24, 2.45) is 0 Å². The Morgan fingerprint density at radius 2 is 1.66 bits per heavy atom. The van der Waals surface area contributed by atoms with Crippen LogP contribution in [0.3, 0.4) is 0 Å². The Kier molecular flexibility index (Phi) is 6.53. The largest absolute Gasteiger partial charge is 0.505 e. The van der Waals surface area contributed by atoms with Gasteiger partial charge in [0.2, 0.25) is 0 Å². The van der Waals surface area contributed by atoms with Crippen LogP contribution in [0.25, 0.3) is 38.6 Å². The molecule has 4 aromatic rings.